The molecular formula is C36H36F3N3O2. The van der Waals surface area contributed by atoms with E-state index in [1.807, 2.05) is 61.5 Å². The number of piperazine rings is 1. The molecule has 5 rings (SSSR count). The van der Waals surface area contributed by atoms with Gasteiger partial charge in [-0.2, -0.15) is 13.2 Å². The van der Waals surface area contributed by atoms with Gasteiger partial charge in [0.05, 0.1) is 5.56 Å². The van der Waals surface area contributed by atoms with Gasteiger partial charge in [-0.15, -0.1) is 0 Å². The van der Waals surface area contributed by atoms with E-state index in [9.17, 15) is 22.8 Å². The first-order chi connectivity index (χ1) is 21.2. The Morgan fingerprint density at radius 2 is 1.43 bits per heavy atom. The quantitative estimate of drug-likeness (QED) is 0.196. The molecule has 1 aliphatic heterocycles. The van der Waals surface area contributed by atoms with Gasteiger partial charge in [0, 0.05) is 50.4 Å². The van der Waals surface area contributed by atoms with Crippen molar-refractivity contribution >= 4 is 17.4 Å². The SMILES string of the molecule is CCCNC(=O)C(c1ccccc1)N1CCN(c2ccc(CC(=O)c3ccccc3-c3ccc(C(F)(F)F)cc3)cc2)CC1. The van der Waals surface area contributed by atoms with Crippen molar-refractivity contribution < 1.29 is 22.8 Å². The van der Waals surface area contributed by atoms with Crippen molar-refractivity contribution in [1.29, 1.82) is 0 Å². The lowest BCUT2D eigenvalue weighted by atomic mass is 9.93. The third-order valence-corrected chi connectivity index (χ3v) is 8.01. The Morgan fingerprint density at radius 3 is 2.07 bits per heavy atom. The molecule has 0 saturated carbocycles. The Bertz CT molecular complexity index is 1550. The van der Waals surface area contributed by atoms with Gasteiger partial charge in [0.25, 0.3) is 0 Å². The lowest BCUT2D eigenvalue weighted by Gasteiger charge is -2.39. The summed E-state index contributed by atoms with van der Waals surface area (Å²) in [4.78, 5) is 30.9. The minimum absolute atomic E-state index is 0.0282. The third kappa shape index (κ3) is 7.37. The van der Waals surface area contributed by atoms with E-state index in [1.54, 1.807) is 24.3 Å². The number of nitrogens with one attached hydrogen (secondary N) is 1. The number of anilines is 1. The lowest BCUT2D eigenvalue weighted by molar-refractivity contribution is -0.137. The molecule has 0 spiro atoms. The maximum absolute atomic E-state index is 13.3. The molecule has 5 nitrogen and oxygen atoms in total. The van der Waals surface area contributed by atoms with Crippen LogP contribution in [0.15, 0.2) is 103 Å². The molecule has 1 aliphatic rings. The van der Waals surface area contributed by atoms with Crippen LogP contribution in [0.3, 0.4) is 0 Å². The second-order valence-corrected chi connectivity index (χ2v) is 11.0. The van der Waals surface area contributed by atoms with Crippen molar-refractivity contribution in [3.8, 4) is 11.1 Å². The van der Waals surface area contributed by atoms with Crippen LogP contribution in [0.2, 0.25) is 0 Å². The summed E-state index contributed by atoms with van der Waals surface area (Å²) in [7, 11) is 0. The first kappa shape index (κ1) is 31.0. The van der Waals surface area contributed by atoms with E-state index in [-0.39, 0.29) is 24.2 Å². The second kappa shape index (κ2) is 13.9. The van der Waals surface area contributed by atoms with Gasteiger partial charge in [0.15, 0.2) is 5.78 Å². The summed E-state index contributed by atoms with van der Waals surface area (Å²) < 4.78 is 39.1. The smallest absolute Gasteiger partial charge is 0.369 e. The number of ketones is 1. The number of Topliss-reactive ketones (excluding diaryl/α,β-unsaturated/α-hetero) is 1. The summed E-state index contributed by atoms with van der Waals surface area (Å²) >= 11 is 0. The molecule has 0 aromatic heterocycles. The van der Waals surface area contributed by atoms with Crippen molar-refractivity contribution in [3.63, 3.8) is 0 Å². The average molecular weight is 600 g/mol. The third-order valence-electron chi connectivity index (χ3n) is 8.01. The topological polar surface area (TPSA) is 52.7 Å². The van der Waals surface area contributed by atoms with Crippen LogP contribution in [0.5, 0.6) is 0 Å². The van der Waals surface area contributed by atoms with Crippen LogP contribution < -0.4 is 10.2 Å². The van der Waals surface area contributed by atoms with Crippen LogP contribution in [0, 0.1) is 0 Å². The molecule has 1 heterocycles. The number of halogens is 3. The Morgan fingerprint density at radius 1 is 0.795 bits per heavy atom. The Labute approximate surface area is 256 Å². The lowest BCUT2D eigenvalue weighted by Crippen LogP contribution is -2.51. The second-order valence-electron chi connectivity index (χ2n) is 11.0. The number of benzene rings is 4. The number of carbonyl (C=O) groups is 2. The standard InChI is InChI=1S/C36H36F3N3O2/c1-2-20-40-35(44)34(28-8-4-3-5-9-28)42-23-21-41(22-24-42)30-18-12-26(13-19-30)25-33(43)32-11-7-6-10-31(32)27-14-16-29(17-15-27)36(37,38)39/h3-19,34H,2,20-25H2,1H3,(H,40,44). The van der Waals surface area contributed by atoms with Crippen molar-refractivity contribution in [2.24, 2.45) is 0 Å². The van der Waals surface area contributed by atoms with E-state index in [0.717, 1.165) is 61.5 Å². The van der Waals surface area contributed by atoms with Gasteiger partial charge in [-0.05, 0) is 52.9 Å². The van der Waals surface area contributed by atoms with Gasteiger partial charge in [0.1, 0.15) is 6.04 Å². The van der Waals surface area contributed by atoms with E-state index in [2.05, 4.69) is 15.1 Å². The molecule has 1 saturated heterocycles. The number of amides is 1. The number of alkyl halides is 3. The van der Waals surface area contributed by atoms with Crippen LogP contribution in [-0.2, 0) is 17.4 Å². The molecule has 0 radical (unpaired) electrons. The number of rotatable bonds is 10. The maximum Gasteiger partial charge on any atom is 0.416 e. The minimum Gasteiger partial charge on any atom is -0.369 e. The van der Waals surface area contributed by atoms with E-state index in [1.165, 1.54) is 12.1 Å². The van der Waals surface area contributed by atoms with E-state index < -0.39 is 11.7 Å². The Hall–Kier alpha value is -4.43. The Kier molecular flexibility index (Phi) is 9.80. The van der Waals surface area contributed by atoms with Gasteiger partial charge in [0.2, 0.25) is 5.91 Å². The van der Waals surface area contributed by atoms with Crippen molar-refractivity contribution in [3.05, 3.63) is 125 Å². The zero-order chi connectivity index (χ0) is 31.1. The summed E-state index contributed by atoms with van der Waals surface area (Å²) in [5.41, 5.74) is 3.83. The maximum atomic E-state index is 13.3. The number of hydrogen-bond acceptors (Lipinski definition) is 4. The zero-order valence-corrected chi connectivity index (χ0v) is 24.7. The largest absolute Gasteiger partial charge is 0.416 e. The molecule has 4 aromatic rings. The van der Waals surface area contributed by atoms with Crippen LogP contribution in [0.25, 0.3) is 11.1 Å². The fourth-order valence-electron chi connectivity index (χ4n) is 5.67. The van der Waals surface area contributed by atoms with E-state index in [4.69, 9.17) is 0 Å². The first-order valence-corrected chi connectivity index (χ1v) is 14.9. The minimum atomic E-state index is -4.41. The highest BCUT2D eigenvalue weighted by atomic mass is 19.4. The van der Waals surface area contributed by atoms with Crippen LogP contribution in [0.4, 0.5) is 18.9 Å². The van der Waals surface area contributed by atoms with E-state index >= 15 is 0 Å². The molecular weight excluding hydrogens is 563 g/mol. The molecule has 1 unspecified atom stereocenters. The molecule has 44 heavy (non-hydrogen) atoms. The van der Waals surface area contributed by atoms with Crippen LogP contribution >= 0.6 is 0 Å². The van der Waals surface area contributed by atoms with Crippen LogP contribution in [-0.4, -0.2) is 49.3 Å². The highest BCUT2D eigenvalue weighted by molar-refractivity contribution is 6.03. The predicted molar refractivity (Wildman–Crippen MR) is 168 cm³/mol. The molecule has 1 N–H and O–H groups in total. The van der Waals surface area contributed by atoms with Gasteiger partial charge in [-0.3, -0.25) is 14.5 Å². The summed E-state index contributed by atoms with van der Waals surface area (Å²) in [6, 6.07) is 29.4. The van der Waals surface area contributed by atoms with Gasteiger partial charge in [-0.25, -0.2) is 0 Å². The summed E-state index contributed by atoms with van der Waals surface area (Å²) in [5.74, 6) is -0.0735. The zero-order valence-electron chi connectivity index (χ0n) is 24.7. The highest BCUT2D eigenvalue weighted by Gasteiger charge is 2.31. The highest BCUT2D eigenvalue weighted by Crippen LogP contribution is 2.32. The number of nitrogens with zero attached hydrogens (tertiary/aromatic N) is 2. The van der Waals surface area contributed by atoms with Crippen LogP contribution in [0.1, 0.15) is 46.4 Å². The molecule has 0 bridgehead atoms. The number of hydrogen-bond donors (Lipinski definition) is 1. The summed E-state index contributed by atoms with van der Waals surface area (Å²) in [6.07, 6.45) is -3.35. The normalized spacial score (nSPS) is 14.7. The van der Waals surface area contributed by atoms with Crippen molar-refractivity contribution in [2.45, 2.75) is 32.0 Å². The number of carbonyl (C=O) groups excluding carboxylic acids is 2. The molecule has 0 aliphatic carbocycles. The van der Waals surface area contributed by atoms with Crippen molar-refractivity contribution in [2.75, 3.05) is 37.6 Å². The molecule has 1 atom stereocenters. The molecule has 4 aromatic carbocycles. The predicted octanol–water partition coefficient (Wildman–Crippen LogP) is 7.19. The fourth-order valence-corrected chi connectivity index (χ4v) is 5.67. The first-order valence-electron chi connectivity index (χ1n) is 14.9. The van der Waals surface area contributed by atoms with Gasteiger partial charge in [-0.1, -0.05) is 85.8 Å². The van der Waals surface area contributed by atoms with Gasteiger partial charge >= 0.3 is 6.18 Å². The molecule has 8 heteroatoms. The van der Waals surface area contributed by atoms with Crippen molar-refractivity contribution in [1.82, 2.24) is 10.2 Å². The summed E-state index contributed by atoms with van der Waals surface area (Å²) in [6.45, 7) is 5.70. The average Bonchev–Trinajstić information content (AvgIpc) is 3.05. The van der Waals surface area contributed by atoms with Gasteiger partial charge < -0.3 is 10.2 Å². The Balaban J connectivity index is 1.23. The fraction of sp³-hybridized carbons (Fsp3) is 0.278. The monoisotopic (exact) mass is 599 g/mol. The summed E-state index contributed by atoms with van der Waals surface area (Å²) in [5, 5.41) is 3.06. The van der Waals surface area contributed by atoms with E-state index in [0.29, 0.717) is 23.2 Å². The molecule has 1 fully saturated rings. The molecule has 1 amide bonds. The molecule has 228 valence electrons.